The maximum atomic E-state index is 6.15. The summed E-state index contributed by atoms with van der Waals surface area (Å²) in [6.45, 7) is 7.76. The van der Waals surface area contributed by atoms with Gasteiger partial charge in [-0.15, -0.1) is 0 Å². The van der Waals surface area contributed by atoms with Crippen LogP contribution < -0.4 is 0 Å². The van der Waals surface area contributed by atoms with E-state index in [1.54, 1.807) is 0 Å². The molecule has 1 aliphatic heterocycles. The molecule has 1 aromatic rings. The van der Waals surface area contributed by atoms with Gasteiger partial charge in [-0.3, -0.25) is 0 Å². The third-order valence-corrected chi connectivity index (χ3v) is 4.10. The van der Waals surface area contributed by atoms with Crippen molar-refractivity contribution in [2.45, 2.75) is 46.1 Å². The zero-order chi connectivity index (χ0) is 13.1. The molecule has 1 saturated heterocycles. The highest BCUT2D eigenvalue weighted by Crippen LogP contribution is 2.30. The van der Waals surface area contributed by atoms with E-state index in [1.165, 1.54) is 36.1 Å². The highest BCUT2D eigenvalue weighted by atomic mass is 35.5. The molecule has 2 heteroatoms. The molecule has 2 rings (SSSR count). The summed E-state index contributed by atoms with van der Waals surface area (Å²) in [7, 11) is 0. The van der Waals surface area contributed by atoms with E-state index in [0.29, 0.717) is 6.04 Å². The van der Waals surface area contributed by atoms with Crippen molar-refractivity contribution in [2.75, 3.05) is 6.54 Å². The quantitative estimate of drug-likeness (QED) is 0.735. The lowest BCUT2D eigenvalue weighted by Gasteiger charge is -2.37. The summed E-state index contributed by atoms with van der Waals surface area (Å²) >= 11 is 6.15. The Morgan fingerprint density at radius 2 is 2.17 bits per heavy atom. The zero-order valence-corrected chi connectivity index (χ0v) is 12.3. The van der Waals surface area contributed by atoms with Crippen LogP contribution in [-0.2, 0) is 0 Å². The number of allylic oxidation sites excluding steroid dienone is 1. The summed E-state index contributed by atoms with van der Waals surface area (Å²) in [4.78, 5) is 2.53. The predicted molar refractivity (Wildman–Crippen MR) is 79.9 cm³/mol. The molecule has 0 aliphatic carbocycles. The number of rotatable bonds is 2. The van der Waals surface area contributed by atoms with Crippen molar-refractivity contribution in [3.05, 3.63) is 40.4 Å². The Bertz CT molecular complexity index is 450. The summed E-state index contributed by atoms with van der Waals surface area (Å²) in [6.07, 6.45) is 6.15. The molecule has 1 aliphatic rings. The topological polar surface area (TPSA) is 3.24 Å². The second-order valence-corrected chi connectivity index (χ2v) is 5.61. The fourth-order valence-corrected chi connectivity index (χ4v) is 2.97. The van der Waals surface area contributed by atoms with Crippen LogP contribution in [-0.4, -0.2) is 17.5 Å². The van der Waals surface area contributed by atoms with Crippen molar-refractivity contribution in [1.29, 1.82) is 0 Å². The van der Waals surface area contributed by atoms with Crippen LogP contribution in [0.15, 0.2) is 24.3 Å². The van der Waals surface area contributed by atoms with E-state index in [1.807, 2.05) is 6.07 Å². The van der Waals surface area contributed by atoms with E-state index in [2.05, 4.69) is 43.9 Å². The number of nitrogens with zero attached hydrogens (tertiary/aromatic N) is 1. The lowest BCUT2D eigenvalue weighted by molar-refractivity contribution is 0.243. The van der Waals surface area contributed by atoms with Gasteiger partial charge in [0.25, 0.3) is 0 Å². The van der Waals surface area contributed by atoms with Crippen molar-refractivity contribution < 1.29 is 0 Å². The number of piperidine rings is 1. The van der Waals surface area contributed by atoms with Gasteiger partial charge in [0.1, 0.15) is 0 Å². The smallest absolute Gasteiger partial charge is 0.0412 e. The zero-order valence-electron chi connectivity index (χ0n) is 11.5. The summed E-state index contributed by atoms with van der Waals surface area (Å²) < 4.78 is 0. The van der Waals surface area contributed by atoms with Gasteiger partial charge in [-0.1, -0.05) is 23.7 Å². The van der Waals surface area contributed by atoms with Gasteiger partial charge < -0.3 is 4.90 Å². The number of likely N-dealkylation sites (tertiary alicyclic amines) is 1. The number of hydrogen-bond acceptors (Lipinski definition) is 1. The van der Waals surface area contributed by atoms with E-state index in [4.69, 9.17) is 11.6 Å². The first-order valence-corrected chi connectivity index (χ1v) is 7.20. The third kappa shape index (κ3) is 2.72. The van der Waals surface area contributed by atoms with Crippen molar-refractivity contribution in [2.24, 2.45) is 0 Å². The van der Waals surface area contributed by atoms with Crippen molar-refractivity contribution >= 4 is 17.3 Å². The van der Waals surface area contributed by atoms with Crippen LogP contribution in [0.5, 0.6) is 0 Å². The summed E-state index contributed by atoms with van der Waals surface area (Å²) in [5.41, 5.74) is 3.91. The molecule has 1 atom stereocenters. The van der Waals surface area contributed by atoms with Crippen LogP contribution in [0.4, 0.5) is 0 Å². The van der Waals surface area contributed by atoms with Crippen LogP contribution in [0.1, 0.15) is 44.2 Å². The molecule has 0 aromatic heterocycles. The molecule has 0 bridgehead atoms. The molecule has 1 nitrogen and oxygen atoms in total. The maximum absolute atomic E-state index is 6.15. The van der Waals surface area contributed by atoms with Gasteiger partial charge in [-0.25, -0.2) is 0 Å². The summed E-state index contributed by atoms with van der Waals surface area (Å²) in [5, 5.41) is 0.819. The Kier molecular flexibility index (Phi) is 4.34. The average Bonchev–Trinajstić information content (AvgIpc) is 2.36. The van der Waals surface area contributed by atoms with Gasteiger partial charge in [-0.2, -0.15) is 0 Å². The van der Waals surface area contributed by atoms with Crippen LogP contribution in [0.2, 0.25) is 5.02 Å². The third-order valence-electron chi connectivity index (χ3n) is 3.86. The molecule has 98 valence electrons. The number of hydrogen-bond donors (Lipinski definition) is 0. The van der Waals surface area contributed by atoms with Crippen molar-refractivity contribution in [3.63, 3.8) is 0 Å². The lowest BCUT2D eigenvalue weighted by Crippen LogP contribution is -2.36. The minimum atomic E-state index is 0.628. The lowest BCUT2D eigenvalue weighted by atomic mass is 9.98. The van der Waals surface area contributed by atoms with Gasteiger partial charge >= 0.3 is 0 Å². The SMILES string of the molecule is CC=C(c1cc(Cl)ccc1C)N1CCCCC1C. The van der Waals surface area contributed by atoms with E-state index in [9.17, 15) is 0 Å². The molecule has 1 fully saturated rings. The molecule has 0 N–H and O–H groups in total. The van der Waals surface area contributed by atoms with E-state index >= 15 is 0 Å². The Morgan fingerprint density at radius 3 is 2.83 bits per heavy atom. The Morgan fingerprint density at radius 1 is 1.39 bits per heavy atom. The molecular formula is C16H22ClN. The van der Waals surface area contributed by atoms with Crippen LogP contribution in [0.3, 0.4) is 0 Å². The van der Waals surface area contributed by atoms with E-state index < -0.39 is 0 Å². The van der Waals surface area contributed by atoms with Crippen molar-refractivity contribution in [1.82, 2.24) is 4.90 Å². The van der Waals surface area contributed by atoms with Gasteiger partial charge in [0, 0.05) is 28.9 Å². The maximum Gasteiger partial charge on any atom is 0.0412 e. The predicted octanol–water partition coefficient (Wildman–Crippen LogP) is 4.88. The molecule has 18 heavy (non-hydrogen) atoms. The summed E-state index contributed by atoms with van der Waals surface area (Å²) in [5.74, 6) is 0. The minimum absolute atomic E-state index is 0.628. The Labute approximate surface area is 115 Å². The molecule has 0 saturated carbocycles. The largest absolute Gasteiger partial charge is 0.369 e. The van der Waals surface area contributed by atoms with E-state index in [-0.39, 0.29) is 0 Å². The van der Waals surface area contributed by atoms with Crippen LogP contribution in [0, 0.1) is 6.92 Å². The highest BCUT2D eigenvalue weighted by Gasteiger charge is 2.21. The number of aryl methyl sites for hydroxylation is 1. The second kappa shape index (κ2) is 5.79. The first-order valence-electron chi connectivity index (χ1n) is 6.83. The molecule has 1 aromatic carbocycles. The first kappa shape index (κ1) is 13.5. The highest BCUT2D eigenvalue weighted by molar-refractivity contribution is 6.30. The fraction of sp³-hybridized carbons (Fsp3) is 0.500. The number of halogens is 1. The van der Waals surface area contributed by atoms with Crippen LogP contribution in [0.25, 0.3) is 5.70 Å². The molecule has 1 unspecified atom stereocenters. The van der Waals surface area contributed by atoms with E-state index in [0.717, 1.165) is 11.6 Å². The average molecular weight is 264 g/mol. The van der Waals surface area contributed by atoms with Gasteiger partial charge in [0.05, 0.1) is 0 Å². The Hall–Kier alpha value is -0.950. The molecular weight excluding hydrogens is 242 g/mol. The normalized spacial score (nSPS) is 21.2. The number of benzene rings is 1. The molecule has 0 radical (unpaired) electrons. The van der Waals surface area contributed by atoms with Gasteiger partial charge in [0.15, 0.2) is 0 Å². The van der Waals surface area contributed by atoms with Crippen molar-refractivity contribution in [3.8, 4) is 0 Å². The van der Waals surface area contributed by atoms with Crippen LogP contribution >= 0.6 is 11.6 Å². The van der Waals surface area contributed by atoms with Gasteiger partial charge in [0.2, 0.25) is 0 Å². The Balaban J connectivity index is 2.36. The summed E-state index contributed by atoms with van der Waals surface area (Å²) in [6, 6.07) is 6.79. The van der Waals surface area contributed by atoms with Gasteiger partial charge in [-0.05, 0) is 57.7 Å². The molecule has 1 heterocycles. The standard InChI is InChI=1S/C16H22ClN/c1-4-16(18-10-6-5-7-13(18)3)15-11-14(17)9-8-12(15)2/h4,8-9,11,13H,5-7,10H2,1-3H3. The molecule has 0 amide bonds. The first-order chi connectivity index (χ1) is 8.63. The minimum Gasteiger partial charge on any atom is -0.369 e. The second-order valence-electron chi connectivity index (χ2n) is 5.17. The monoisotopic (exact) mass is 263 g/mol. The fourth-order valence-electron chi connectivity index (χ4n) is 2.80. The molecule has 0 spiro atoms.